The first-order chi connectivity index (χ1) is 7.34. The fourth-order valence-electron chi connectivity index (χ4n) is 1.96. The number of hydrogen-bond acceptors (Lipinski definition) is 4. The standard InChI is InChI=1S/C10H12N4O/c11-7-4-12-10-8(5-13-14(10)6-7)9-2-1-3-15-9/h4-6,9H,1-3,11H2. The molecule has 1 aliphatic heterocycles. The second-order valence-corrected chi connectivity index (χ2v) is 3.76. The minimum absolute atomic E-state index is 0.152. The van der Waals surface area contributed by atoms with Gasteiger partial charge in [0.05, 0.1) is 30.4 Å². The van der Waals surface area contributed by atoms with Crippen molar-refractivity contribution >= 4 is 11.3 Å². The Morgan fingerprint density at radius 1 is 1.47 bits per heavy atom. The Bertz CT molecular complexity index is 487. The lowest BCUT2D eigenvalue weighted by Gasteiger charge is -2.06. The molecule has 5 nitrogen and oxygen atoms in total. The first-order valence-electron chi connectivity index (χ1n) is 5.05. The van der Waals surface area contributed by atoms with Crippen LogP contribution < -0.4 is 5.73 Å². The average Bonchev–Trinajstić information content (AvgIpc) is 2.82. The molecule has 0 aliphatic carbocycles. The summed E-state index contributed by atoms with van der Waals surface area (Å²) < 4.78 is 7.31. The number of ether oxygens (including phenoxy) is 1. The first-order valence-corrected chi connectivity index (χ1v) is 5.05. The van der Waals surface area contributed by atoms with Gasteiger partial charge in [-0.05, 0) is 12.8 Å². The fraction of sp³-hybridized carbons (Fsp3) is 0.400. The Kier molecular flexibility index (Phi) is 1.85. The van der Waals surface area contributed by atoms with E-state index >= 15 is 0 Å². The number of nitrogens with two attached hydrogens (primary N) is 1. The molecule has 0 radical (unpaired) electrons. The molecule has 0 aromatic carbocycles. The van der Waals surface area contributed by atoms with Gasteiger partial charge < -0.3 is 10.5 Å². The zero-order chi connectivity index (χ0) is 10.3. The van der Waals surface area contributed by atoms with E-state index in [0.717, 1.165) is 30.7 Å². The summed E-state index contributed by atoms with van der Waals surface area (Å²) in [4.78, 5) is 4.28. The Morgan fingerprint density at radius 2 is 2.40 bits per heavy atom. The average molecular weight is 204 g/mol. The maximum absolute atomic E-state index is 5.63. The summed E-state index contributed by atoms with van der Waals surface area (Å²) in [6.07, 6.45) is 7.54. The van der Waals surface area contributed by atoms with Crippen LogP contribution in [-0.4, -0.2) is 21.2 Å². The number of anilines is 1. The van der Waals surface area contributed by atoms with Gasteiger partial charge in [-0.15, -0.1) is 0 Å². The summed E-state index contributed by atoms with van der Waals surface area (Å²) in [7, 11) is 0. The predicted octanol–water partition coefficient (Wildman–Crippen LogP) is 1.16. The number of aromatic nitrogens is 3. The summed E-state index contributed by atoms with van der Waals surface area (Å²) >= 11 is 0. The predicted molar refractivity (Wildman–Crippen MR) is 55.3 cm³/mol. The molecule has 1 unspecified atom stereocenters. The van der Waals surface area contributed by atoms with Gasteiger partial charge in [0, 0.05) is 12.2 Å². The Morgan fingerprint density at radius 3 is 3.20 bits per heavy atom. The highest BCUT2D eigenvalue weighted by Gasteiger charge is 2.21. The highest BCUT2D eigenvalue weighted by atomic mass is 16.5. The molecule has 1 saturated heterocycles. The lowest BCUT2D eigenvalue weighted by Crippen LogP contribution is -1.98. The van der Waals surface area contributed by atoms with E-state index in [1.165, 1.54) is 0 Å². The van der Waals surface area contributed by atoms with Gasteiger partial charge >= 0.3 is 0 Å². The highest BCUT2D eigenvalue weighted by Crippen LogP contribution is 2.30. The molecule has 3 heterocycles. The zero-order valence-electron chi connectivity index (χ0n) is 8.26. The van der Waals surface area contributed by atoms with Crippen LogP contribution in [0.4, 0.5) is 5.69 Å². The molecule has 5 heteroatoms. The van der Waals surface area contributed by atoms with E-state index in [2.05, 4.69) is 10.1 Å². The highest BCUT2D eigenvalue weighted by molar-refractivity contribution is 5.50. The van der Waals surface area contributed by atoms with E-state index in [9.17, 15) is 0 Å². The molecule has 15 heavy (non-hydrogen) atoms. The maximum Gasteiger partial charge on any atom is 0.160 e. The molecule has 2 N–H and O–H groups in total. The minimum Gasteiger partial charge on any atom is -0.396 e. The van der Waals surface area contributed by atoms with Crippen LogP contribution in [0.25, 0.3) is 5.65 Å². The van der Waals surface area contributed by atoms with Gasteiger partial charge in [0.2, 0.25) is 0 Å². The van der Waals surface area contributed by atoms with Crippen molar-refractivity contribution in [3.63, 3.8) is 0 Å². The molecule has 1 atom stereocenters. The molecule has 0 amide bonds. The molecular formula is C10H12N4O. The number of rotatable bonds is 1. The Balaban J connectivity index is 2.11. The fourth-order valence-corrected chi connectivity index (χ4v) is 1.96. The normalized spacial score (nSPS) is 21.2. The quantitative estimate of drug-likeness (QED) is 0.757. The van der Waals surface area contributed by atoms with Crippen molar-refractivity contribution in [1.82, 2.24) is 14.6 Å². The van der Waals surface area contributed by atoms with Crippen LogP contribution in [-0.2, 0) is 4.74 Å². The van der Waals surface area contributed by atoms with Crippen molar-refractivity contribution in [2.45, 2.75) is 18.9 Å². The third-order valence-corrected chi connectivity index (χ3v) is 2.68. The topological polar surface area (TPSA) is 65.4 Å². The van der Waals surface area contributed by atoms with Gasteiger partial charge in [-0.2, -0.15) is 5.10 Å². The summed E-state index contributed by atoms with van der Waals surface area (Å²) in [6, 6.07) is 0. The van der Waals surface area contributed by atoms with Gasteiger partial charge in [-0.25, -0.2) is 9.50 Å². The molecule has 0 saturated carbocycles. The molecule has 1 fully saturated rings. The van der Waals surface area contributed by atoms with Crippen LogP contribution in [0, 0.1) is 0 Å². The van der Waals surface area contributed by atoms with Gasteiger partial charge in [-0.1, -0.05) is 0 Å². The Labute approximate surface area is 86.9 Å². The number of hydrogen-bond donors (Lipinski definition) is 1. The van der Waals surface area contributed by atoms with Crippen LogP contribution in [0.2, 0.25) is 0 Å². The van der Waals surface area contributed by atoms with E-state index in [4.69, 9.17) is 10.5 Å². The van der Waals surface area contributed by atoms with Crippen molar-refractivity contribution in [3.05, 3.63) is 24.2 Å². The van der Waals surface area contributed by atoms with Crippen molar-refractivity contribution in [2.24, 2.45) is 0 Å². The lowest BCUT2D eigenvalue weighted by atomic mass is 10.1. The zero-order valence-corrected chi connectivity index (χ0v) is 8.26. The van der Waals surface area contributed by atoms with E-state index in [1.54, 1.807) is 16.9 Å². The monoisotopic (exact) mass is 204 g/mol. The molecule has 2 aromatic heterocycles. The molecule has 3 rings (SSSR count). The van der Waals surface area contributed by atoms with Crippen molar-refractivity contribution in [2.75, 3.05) is 12.3 Å². The second kappa shape index (κ2) is 3.20. The largest absolute Gasteiger partial charge is 0.396 e. The van der Waals surface area contributed by atoms with Crippen LogP contribution in [0.15, 0.2) is 18.6 Å². The molecule has 78 valence electrons. The van der Waals surface area contributed by atoms with E-state index in [-0.39, 0.29) is 6.10 Å². The van der Waals surface area contributed by atoms with E-state index < -0.39 is 0 Å². The second-order valence-electron chi connectivity index (χ2n) is 3.76. The lowest BCUT2D eigenvalue weighted by molar-refractivity contribution is 0.113. The summed E-state index contributed by atoms with van der Waals surface area (Å²) in [6.45, 7) is 0.830. The van der Waals surface area contributed by atoms with Gasteiger partial charge in [0.25, 0.3) is 0 Å². The molecule has 2 aromatic rings. The van der Waals surface area contributed by atoms with E-state index in [1.807, 2.05) is 6.20 Å². The third-order valence-electron chi connectivity index (χ3n) is 2.68. The summed E-state index contributed by atoms with van der Waals surface area (Å²) in [5.74, 6) is 0. The number of fused-ring (bicyclic) bond motifs is 1. The molecular weight excluding hydrogens is 192 g/mol. The third kappa shape index (κ3) is 1.35. The van der Waals surface area contributed by atoms with Crippen LogP contribution in [0.3, 0.4) is 0 Å². The molecule has 0 spiro atoms. The SMILES string of the molecule is Nc1cnc2c(C3CCCO3)cnn2c1. The first kappa shape index (κ1) is 8.67. The van der Waals surface area contributed by atoms with Gasteiger partial charge in [-0.3, -0.25) is 0 Å². The van der Waals surface area contributed by atoms with Gasteiger partial charge in [0.15, 0.2) is 5.65 Å². The van der Waals surface area contributed by atoms with Crippen molar-refractivity contribution in [1.29, 1.82) is 0 Å². The number of nitrogen functional groups attached to an aromatic ring is 1. The van der Waals surface area contributed by atoms with Gasteiger partial charge in [0.1, 0.15) is 0 Å². The minimum atomic E-state index is 0.152. The van der Waals surface area contributed by atoms with Crippen LogP contribution in [0.1, 0.15) is 24.5 Å². The van der Waals surface area contributed by atoms with E-state index in [0.29, 0.717) is 5.69 Å². The van der Waals surface area contributed by atoms with Crippen molar-refractivity contribution in [3.8, 4) is 0 Å². The summed E-state index contributed by atoms with van der Waals surface area (Å²) in [5, 5.41) is 4.22. The maximum atomic E-state index is 5.63. The van der Waals surface area contributed by atoms with Crippen molar-refractivity contribution < 1.29 is 4.74 Å². The number of nitrogens with zero attached hydrogens (tertiary/aromatic N) is 3. The Hall–Kier alpha value is -1.62. The smallest absolute Gasteiger partial charge is 0.160 e. The van der Waals surface area contributed by atoms with Crippen LogP contribution >= 0.6 is 0 Å². The molecule has 0 bridgehead atoms. The van der Waals surface area contributed by atoms with Crippen LogP contribution in [0.5, 0.6) is 0 Å². The summed E-state index contributed by atoms with van der Waals surface area (Å²) in [5.41, 5.74) is 8.15. The molecule has 1 aliphatic rings.